The second-order valence-corrected chi connectivity index (χ2v) is 5.58. The van der Waals surface area contributed by atoms with E-state index in [1.165, 1.54) is 29.5 Å². The lowest BCUT2D eigenvalue weighted by Crippen LogP contribution is -2.28. The summed E-state index contributed by atoms with van der Waals surface area (Å²) in [5, 5.41) is 25.3. The van der Waals surface area contributed by atoms with Crippen molar-refractivity contribution in [2.75, 3.05) is 6.54 Å². The molecule has 0 aliphatic carbocycles. The highest BCUT2D eigenvalue weighted by Gasteiger charge is 2.21. The second kappa shape index (κ2) is 6.66. The van der Waals surface area contributed by atoms with Gasteiger partial charge in [0.25, 0.3) is 11.6 Å². The number of thiophene rings is 1. The van der Waals surface area contributed by atoms with Crippen LogP contribution in [0.3, 0.4) is 0 Å². The third-order valence-electron chi connectivity index (χ3n) is 2.73. The van der Waals surface area contributed by atoms with Crippen LogP contribution in [0.15, 0.2) is 35.7 Å². The first kappa shape index (κ1) is 15.4. The molecule has 1 heterocycles. The molecule has 1 unspecified atom stereocenters. The molecule has 1 aromatic carbocycles. The molecule has 2 rings (SSSR count). The highest BCUT2D eigenvalue weighted by Crippen LogP contribution is 2.23. The van der Waals surface area contributed by atoms with Gasteiger partial charge in [-0.2, -0.15) is 0 Å². The molecule has 2 aromatic rings. The molecule has 0 radical (unpaired) electrons. The smallest absolute Gasteiger partial charge is 0.282 e. The van der Waals surface area contributed by atoms with Gasteiger partial charge in [-0.3, -0.25) is 14.9 Å². The van der Waals surface area contributed by atoms with E-state index >= 15 is 0 Å². The summed E-state index contributed by atoms with van der Waals surface area (Å²) in [6.45, 7) is -0.0387. The number of halogens is 1. The predicted octanol–water partition coefficient (Wildman–Crippen LogP) is 2.77. The fourth-order valence-corrected chi connectivity index (χ4v) is 2.60. The van der Waals surface area contributed by atoms with Gasteiger partial charge in [0.2, 0.25) is 0 Å². The first-order chi connectivity index (χ1) is 9.99. The molecular formula is C13H11ClN2O4S. The van der Waals surface area contributed by atoms with Crippen molar-refractivity contribution >= 4 is 34.5 Å². The summed E-state index contributed by atoms with van der Waals surface area (Å²) < 4.78 is 0. The van der Waals surface area contributed by atoms with Gasteiger partial charge in [0.05, 0.1) is 4.92 Å². The van der Waals surface area contributed by atoms with Gasteiger partial charge >= 0.3 is 0 Å². The Morgan fingerprint density at radius 3 is 2.86 bits per heavy atom. The number of nitrogens with zero attached hydrogens (tertiary/aromatic N) is 1. The third kappa shape index (κ3) is 3.78. The lowest BCUT2D eigenvalue weighted by atomic mass is 10.1. The van der Waals surface area contributed by atoms with Crippen LogP contribution in [-0.4, -0.2) is 22.5 Å². The van der Waals surface area contributed by atoms with E-state index in [1.54, 1.807) is 12.1 Å². The minimum atomic E-state index is -0.854. The third-order valence-corrected chi connectivity index (χ3v) is 3.94. The van der Waals surface area contributed by atoms with Crippen LogP contribution in [0.1, 0.15) is 21.3 Å². The van der Waals surface area contributed by atoms with Crippen LogP contribution in [0, 0.1) is 10.1 Å². The first-order valence-corrected chi connectivity index (χ1v) is 7.18. The number of nitrogens with one attached hydrogen (secondary N) is 1. The molecule has 6 nitrogen and oxygen atoms in total. The lowest BCUT2D eigenvalue weighted by Gasteiger charge is -2.10. The van der Waals surface area contributed by atoms with Crippen LogP contribution in [-0.2, 0) is 0 Å². The standard InChI is InChI=1S/C13H11ClN2O4S/c14-8-3-4-10(16(19)20)9(6-8)13(18)15-7-11(17)12-2-1-5-21-12/h1-6,11,17H,7H2,(H,15,18). The Hall–Kier alpha value is -1.96. The number of hydrogen-bond donors (Lipinski definition) is 2. The molecule has 110 valence electrons. The predicted molar refractivity (Wildman–Crippen MR) is 79.7 cm³/mol. The quantitative estimate of drug-likeness (QED) is 0.652. The van der Waals surface area contributed by atoms with Crippen LogP contribution in [0.5, 0.6) is 0 Å². The van der Waals surface area contributed by atoms with Gasteiger partial charge < -0.3 is 10.4 Å². The van der Waals surface area contributed by atoms with Crippen molar-refractivity contribution in [1.29, 1.82) is 0 Å². The summed E-state index contributed by atoms with van der Waals surface area (Å²) in [6, 6.07) is 7.27. The van der Waals surface area contributed by atoms with E-state index in [2.05, 4.69) is 5.32 Å². The van der Waals surface area contributed by atoms with Crippen molar-refractivity contribution < 1.29 is 14.8 Å². The van der Waals surface area contributed by atoms with Crippen molar-refractivity contribution in [2.45, 2.75) is 6.10 Å². The summed E-state index contributed by atoms with van der Waals surface area (Å²) in [6.07, 6.45) is -0.854. The van der Waals surface area contributed by atoms with Crippen molar-refractivity contribution in [3.05, 3.63) is 61.3 Å². The van der Waals surface area contributed by atoms with Crippen LogP contribution < -0.4 is 5.32 Å². The van der Waals surface area contributed by atoms with Crippen molar-refractivity contribution in [3.8, 4) is 0 Å². The highest BCUT2D eigenvalue weighted by molar-refractivity contribution is 7.10. The number of carbonyl (C=O) groups excluding carboxylic acids is 1. The minimum absolute atomic E-state index is 0.0387. The van der Waals surface area contributed by atoms with Crippen molar-refractivity contribution in [1.82, 2.24) is 5.32 Å². The number of amides is 1. The van der Waals surface area contributed by atoms with E-state index < -0.39 is 16.9 Å². The van der Waals surface area contributed by atoms with E-state index in [4.69, 9.17) is 11.6 Å². The largest absolute Gasteiger partial charge is 0.386 e. The van der Waals surface area contributed by atoms with Gasteiger partial charge in [0.15, 0.2) is 0 Å². The molecule has 1 aromatic heterocycles. The SMILES string of the molecule is O=C(NCC(O)c1cccs1)c1cc(Cl)ccc1[N+](=O)[O-]. The van der Waals surface area contributed by atoms with Crippen LogP contribution in [0.25, 0.3) is 0 Å². The van der Waals surface area contributed by atoms with Gasteiger partial charge in [0, 0.05) is 22.5 Å². The maximum Gasteiger partial charge on any atom is 0.282 e. The van der Waals surface area contributed by atoms with Gasteiger partial charge in [-0.05, 0) is 23.6 Å². The Morgan fingerprint density at radius 2 is 2.24 bits per heavy atom. The number of rotatable bonds is 5. The molecule has 21 heavy (non-hydrogen) atoms. The van der Waals surface area contributed by atoms with Gasteiger partial charge in [-0.15, -0.1) is 11.3 Å². The fraction of sp³-hybridized carbons (Fsp3) is 0.154. The molecule has 0 aliphatic heterocycles. The monoisotopic (exact) mass is 326 g/mol. The van der Waals surface area contributed by atoms with Crippen molar-refractivity contribution in [3.63, 3.8) is 0 Å². The van der Waals surface area contributed by atoms with E-state index in [1.807, 2.05) is 5.38 Å². The fourth-order valence-electron chi connectivity index (χ4n) is 1.72. The summed E-state index contributed by atoms with van der Waals surface area (Å²) in [7, 11) is 0. The number of carbonyl (C=O) groups is 1. The average Bonchev–Trinajstić information content (AvgIpc) is 2.98. The normalized spacial score (nSPS) is 11.9. The summed E-state index contributed by atoms with van der Waals surface area (Å²) in [5.74, 6) is -0.653. The molecule has 0 spiro atoms. The van der Waals surface area contributed by atoms with E-state index in [9.17, 15) is 20.0 Å². The lowest BCUT2D eigenvalue weighted by molar-refractivity contribution is -0.385. The number of nitro groups is 1. The van der Waals surface area contributed by atoms with Gasteiger partial charge in [-0.25, -0.2) is 0 Å². The Kier molecular flexibility index (Phi) is 4.89. The number of benzene rings is 1. The van der Waals surface area contributed by atoms with E-state index in [0.29, 0.717) is 4.88 Å². The first-order valence-electron chi connectivity index (χ1n) is 5.92. The van der Waals surface area contributed by atoms with E-state index in [0.717, 1.165) is 0 Å². The zero-order chi connectivity index (χ0) is 15.4. The zero-order valence-electron chi connectivity index (χ0n) is 10.7. The number of hydrogen-bond acceptors (Lipinski definition) is 5. The molecule has 1 amide bonds. The van der Waals surface area contributed by atoms with E-state index in [-0.39, 0.29) is 22.8 Å². The Balaban J connectivity index is 2.10. The number of aliphatic hydroxyl groups excluding tert-OH is 1. The Labute approximate surface area is 129 Å². The zero-order valence-corrected chi connectivity index (χ0v) is 12.2. The highest BCUT2D eigenvalue weighted by atomic mass is 35.5. The minimum Gasteiger partial charge on any atom is -0.386 e. The van der Waals surface area contributed by atoms with Gasteiger partial charge in [0.1, 0.15) is 11.7 Å². The van der Waals surface area contributed by atoms with Crippen LogP contribution in [0.2, 0.25) is 5.02 Å². The molecule has 0 bridgehead atoms. The maximum atomic E-state index is 12.0. The van der Waals surface area contributed by atoms with Crippen LogP contribution in [0.4, 0.5) is 5.69 Å². The van der Waals surface area contributed by atoms with Gasteiger partial charge in [-0.1, -0.05) is 17.7 Å². The molecular weight excluding hydrogens is 316 g/mol. The molecule has 0 saturated heterocycles. The second-order valence-electron chi connectivity index (χ2n) is 4.16. The molecule has 0 saturated carbocycles. The molecule has 2 N–H and O–H groups in total. The van der Waals surface area contributed by atoms with Crippen molar-refractivity contribution in [2.24, 2.45) is 0 Å². The summed E-state index contributed by atoms with van der Waals surface area (Å²) in [4.78, 5) is 23.0. The molecule has 1 atom stereocenters. The topological polar surface area (TPSA) is 92.5 Å². The summed E-state index contributed by atoms with van der Waals surface area (Å²) in [5.41, 5.74) is -0.464. The summed E-state index contributed by atoms with van der Waals surface area (Å²) >= 11 is 7.12. The average molecular weight is 327 g/mol. The number of aliphatic hydroxyl groups is 1. The van der Waals surface area contributed by atoms with Crippen LogP contribution >= 0.6 is 22.9 Å². The molecule has 8 heteroatoms. The molecule has 0 aliphatic rings. The molecule has 0 fully saturated rings. The maximum absolute atomic E-state index is 12.0. The Morgan fingerprint density at radius 1 is 1.48 bits per heavy atom. The number of nitro benzene ring substituents is 1. The Bertz CT molecular complexity index is 660.